The lowest BCUT2D eigenvalue weighted by Crippen LogP contribution is -2.58. The molecular weight excluding hydrogens is 424 g/mol. The molecule has 0 radical (unpaired) electrons. The van der Waals surface area contributed by atoms with Crippen LogP contribution in [0.4, 0.5) is 0 Å². The molecule has 2 aromatic rings. The van der Waals surface area contributed by atoms with Gasteiger partial charge in [0.15, 0.2) is 12.6 Å². The lowest BCUT2D eigenvalue weighted by molar-refractivity contribution is -0.373. The number of benzene rings is 2. The van der Waals surface area contributed by atoms with E-state index in [0.29, 0.717) is 11.1 Å². The van der Waals surface area contributed by atoms with Gasteiger partial charge in [-0.2, -0.15) is 0 Å². The van der Waals surface area contributed by atoms with Crippen molar-refractivity contribution in [2.24, 2.45) is 0 Å². The van der Waals surface area contributed by atoms with Crippen molar-refractivity contribution in [1.82, 2.24) is 0 Å². The van der Waals surface area contributed by atoms with Crippen LogP contribution in [0.2, 0.25) is 0 Å². The van der Waals surface area contributed by atoms with Crippen molar-refractivity contribution < 1.29 is 49.0 Å². The highest BCUT2D eigenvalue weighted by atomic mass is 16.8. The summed E-state index contributed by atoms with van der Waals surface area (Å²) in [5, 5.41) is 38.0. The van der Waals surface area contributed by atoms with E-state index in [1.54, 1.807) is 24.3 Å². The molecule has 2 aliphatic rings. The van der Waals surface area contributed by atoms with Gasteiger partial charge in [0.1, 0.15) is 24.4 Å². The van der Waals surface area contributed by atoms with Crippen molar-refractivity contribution in [3.8, 4) is 0 Å². The molecule has 10 nitrogen and oxygen atoms in total. The standard InChI is InChI=1S/C22H22O10/c23-9-15(24)17-18-16(30-22(31-17)14-7-3-12(4-8-14)20(27)28)10-29-21(32-18)13-5-1-11(2-6-13)19(25)26/h1-8,15-18,21-24H,9-10H2,(H,25,26)(H,27,28)/t15-,16+,17-,18-,21?,22?/m1/s1. The number of hydrogen-bond donors (Lipinski definition) is 4. The number of rotatable bonds is 6. The van der Waals surface area contributed by atoms with Crippen LogP contribution in [0.1, 0.15) is 44.4 Å². The van der Waals surface area contributed by atoms with E-state index >= 15 is 0 Å². The van der Waals surface area contributed by atoms with Crippen LogP contribution in [0.5, 0.6) is 0 Å². The van der Waals surface area contributed by atoms with Gasteiger partial charge in [0.25, 0.3) is 0 Å². The summed E-state index contributed by atoms with van der Waals surface area (Å²) in [6.07, 6.45) is -5.39. The van der Waals surface area contributed by atoms with E-state index in [1.807, 2.05) is 0 Å². The second kappa shape index (κ2) is 9.33. The van der Waals surface area contributed by atoms with E-state index in [-0.39, 0.29) is 17.7 Å². The molecule has 4 rings (SSSR count). The minimum atomic E-state index is -1.26. The summed E-state index contributed by atoms with van der Waals surface area (Å²) in [5.41, 5.74) is 1.35. The van der Waals surface area contributed by atoms with Gasteiger partial charge < -0.3 is 39.4 Å². The van der Waals surface area contributed by atoms with Crippen LogP contribution >= 0.6 is 0 Å². The van der Waals surface area contributed by atoms with Gasteiger partial charge in [0.05, 0.1) is 24.3 Å². The highest BCUT2D eigenvalue weighted by Gasteiger charge is 2.48. The molecule has 0 bridgehead atoms. The number of aliphatic hydroxyl groups is 2. The Morgan fingerprint density at radius 2 is 1.38 bits per heavy atom. The summed E-state index contributed by atoms with van der Waals surface area (Å²) in [6.45, 7) is -0.474. The van der Waals surface area contributed by atoms with Crippen molar-refractivity contribution in [3.63, 3.8) is 0 Å². The molecule has 2 fully saturated rings. The highest BCUT2D eigenvalue weighted by Crippen LogP contribution is 2.39. The average Bonchev–Trinajstić information content (AvgIpc) is 2.82. The lowest BCUT2D eigenvalue weighted by Gasteiger charge is -2.47. The molecule has 0 spiro atoms. The monoisotopic (exact) mass is 446 g/mol. The molecule has 2 unspecified atom stereocenters. The van der Waals surface area contributed by atoms with Crippen LogP contribution < -0.4 is 0 Å². The third-order valence-corrected chi connectivity index (χ3v) is 5.39. The fraction of sp³-hybridized carbons (Fsp3) is 0.364. The maximum absolute atomic E-state index is 11.1. The molecule has 2 aliphatic heterocycles. The molecular formula is C22H22O10. The van der Waals surface area contributed by atoms with Crippen LogP contribution in [-0.4, -0.2) is 70.0 Å². The van der Waals surface area contributed by atoms with Crippen LogP contribution in [0.25, 0.3) is 0 Å². The van der Waals surface area contributed by atoms with Crippen molar-refractivity contribution in [3.05, 3.63) is 70.8 Å². The third kappa shape index (κ3) is 4.51. The second-order valence-corrected chi connectivity index (χ2v) is 7.48. The molecule has 6 atom stereocenters. The Kier molecular flexibility index (Phi) is 6.51. The van der Waals surface area contributed by atoms with E-state index in [1.165, 1.54) is 24.3 Å². The topological polar surface area (TPSA) is 152 Å². The maximum Gasteiger partial charge on any atom is 0.335 e. The summed E-state index contributed by atoms with van der Waals surface area (Å²) in [7, 11) is 0. The first-order valence-corrected chi connectivity index (χ1v) is 9.91. The highest BCUT2D eigenvalue weighted by molar-refractivity contribution is 5.88. The number of fused-ring (bicyclic) bond motifs is 1. The molecule has 2 heterocycles. The van der Waals surface area contributed by atoms with Crippen molar-refractivity contribution in [1.29, 1.82) is 0 Å². The number of aromatic carboxylic acids is 2. The predicted octanol–water partition coefficient (Wildman–Crippen LogP) is 1.33. The Hall–Kier alpha value is -2.86. The summed E-state index contributed by atoms with van der Waals surface area (Å²) in [6, 6.07) is 11.9. The Labute approximate surface area is 182 Å². The zero-order valence-electron chi connectivity index (χ0n) is 16.7. The molecule has 32 heavy (non-hydrogen) atoms. The molecule has 170 valence electrons. The second-order valence-electron chi connectivity index (χ2n) is 7.48. The normalized spacial score (nSPS) is 28.5. The minimum Gasteiger partial charge on any atom is -0.478 e. The van der Waals surface area contributed by atoms with E-state index in [2.05, 4.69) is 0 Å². The van der Waals surface area contributed by atoms with E-state index in [4.69, 9.17) is 29.2 Å². The zero-order chi connectivity index (χ0) is 22.8. The molecule has 0 aliphatic carbocycles. The molecule has 0 amide bonds. The van der Waals surface area contributed by atoms with E-state index in [9.17, 15) is 19.8 Å². The summed E-state index contributed by atoms with van der Waals surface area (Å²) >= 11 is 0. The third-order valence-electron chi connectivity index (χ3n) is 5.39. The molecule has 0 saturated carbocycles. The fourth-order valence-electron chi connectivity index (χ4n) is 3.67. The van der Waals surface area contributed by atoms with Gasteiger partial charge in [-0.25, -0.2) is 9.59 Å². The van der Waals surface area contributed by atoms with Gasteiger partial charge in [-0.15, -0.1) is 0 Å². The number of aliphatic hydroxyl groups excluding tert-OH is 2. The number of carbonyl (C=O) groups is 2. The number of carboxylic acids is 2. The first kappa shape index (κ1) is 22.3. The SMILES string of the molecule is O=C(O)c1ccc(C2OC[C@@H]3OC(c4ccc(C(=O)O)cc4)O[C@H]([C@H](O)CO)[C@@H]3O2)cc1. The molecule has 2 saturated heterocycles. The van der Waals surface area contributed by atoms with E-state index < -0.39 is 55.5 Å². The largest absolute Gasteiger partial charge is 0.478 e. The summed E-state index contributed by atoms with van der Waals surface area (Å²) in [5.74, 6) is -2.11. The van der Waals surface area contributed by atoms with Gasteiger partial charge in [-0.1, -0.05) is 24.3 Å². The maximum atomic E-state index is 11.1. The van der Waals surface area contributed by atoms with Crippen LogP contribution in [0.15, 0.2) is 48.5 Å². The quantitative estimate of drug-likeness (QED) is 0.511. The summed E-state index contributed by atoms with van der Waals surface area (Å²) < 4.78 is 23.6. The zero-order valence-corrected chi connectivity index (χ0v) is 16.7. The first-order valence-electron chi connectivity index (χ1n) is 9.91. The van der Waals surface area contributed by atoms with E-state index in [0.717, 1.165) is 0 Å². The Morgan fingerprint density at radius 1 is 0.844 bits per heavy atom. The average molecular weight is 446 g/mol. The van der Waals surface area contributed by atoms with Crippen molar-refractivity contribution >= 4 is 11.9 Å². The van der Waals surface area contributed by atoms with Crippen molar-refractivity contribution in [2.45, 2.75) is 37.0 Å². The van der Waals surface area contributed by atoms with Crippen molar-refractivity contribution in [2.75, 3.05) is 13.2 Å². The first-order chi connectivity index (χ1) is 15.4. The van der Waals surface area contributed by atoms with Crippen LogP contribution in [0.3, 0.4) is 0 Å². The van der Waals surface area contributed by atoms with Gasteiger partial charge in [-0.05, 0) is 24.3 Å². The van der Waals surface area contributed by atoms with Crippen LogP contribution in [0, 0.1) is 0 Å². The predicted molar refractivity (Wildman–Crippen MR) is 106 cm³/mol. The number of ether oxygens (including phenoxy) is 4. The Bertz CT molecular complexity index is 956. The minimum absolute atomic E-state index is 0.0950. The number of hydrogen-bond acceptors (Lipinski definition) is 8. The van der Waals surface area contributed by atoms with Gasteiger partial charge in [-0.3, -0.25) is 0 Å². The lowest BCUT2D eigenvalue weighted by atomic mass is 9.99. The molecule has 10 heteroatoms. The Balaban J connectivity index is 1.53. The summed E-state index contributed by atoms with van der Waals surface area (Å²) in [4.78, 5) is 22.1. The van der Waals surface area contributed by atoms with Gasteiger partial charge in [0.2, 0.25) is 0 Å². The fourth-order valence-corrected chi connectivity index (χ4v) is 3.67. The molecule has 0 aromatic heterocycles. The number of carboxylic acid groups (broad SMARTS) is 2. The van der Waals surface area contributed by atoms with Gasteiger partial charge >= 0.3 is 11.9 Å². The Morgan fingerprint density at radius 3 is 1.88 bits per heavy atom. The van der Waals surface area contributed by atoms with Gasteiger partial charge in [0, 0.05) is 11.1 Å². The molecule has 4 N–H and O–H groups in total. The smallest absolute Gasteiger partial charge is 0.335 e. The molecule has 2 aromatic carbocycles. The van der Waals surface area contributed by atoms with Crippen LogP contribution in [-0.2, 0) is 18.9 Å².